The number of aromatic nitrogens is 1. The first-order chi connectivity index (χ1) is 17.6. The highest BCUT2D eigenvalue weighted by molar-refractivity contribution is 9.10. The number of hydrogen-bond acceptors (Lipinski definition) is 4. The quantitative estimate of drug-likeness (QED) is 0.224. The Morgan fingerprint density at radius 1 is 0.946 bits per heavy atom. The highest BCUT2D eigenvalue weighted by atomic mass is 79.9. The van der Waals surface area contributed by atoms with Gasteiger partial charge in [-0.2, -0.15) is 5.10 Å². The van der Waals surface area contributed by atoms with Gasteiger partial charge in [0.2, 0.25) is 0 Å². The first kappa shape index (κ1) is 26.4. The molecule has 3 aromatic carbocycles. The minimum atomic E-state index is -3.71. The van der Waals surface area contributed by atoms with Crippen LogP contribution < -0.4 is 9.73 Å². The maximum Gasteiger partial charge on any atom is 0.271 e. The molecular formula is C28H27BrN4O3S. The van der Waals surface area contributed by atoms with Gasteiger partial charge in [0.05, 0.1) is 16.8 Å². The van der Waals surface area contributed by atoms with Gasteiger partial charge in [0.15, 0.2) is 0 Å². The lowest BCUT2D eigenvalue weighted by Gasteiger charge is -2.19. The summed E-state index contributed by atoms with van der Waals surface area (Å²) in [6, 6.07) is 23.0. The molecule has 4 rings (SSSR count). The van der Waals surface area contributed by atoms with E-state index in [2.05, 4.69) is 31.0 Å². The molecule has 9 heteroatoms. The third-order valence-corrected chi connectivity index (χ3v) is 8.43. The molecule has 0 spiro atoms. The van der Waals surface area contributed by atoms with Gasteiger partial charge >= 0.3 is 0 Å². The lowest BCUT2D eigenvalue weighted by Crippen LogP contribution is -2.26. The number of carbonyl (C=O) groups excluding carboxylic acids is 1. The van der Waals surface area contributed by atoms with Crippen molar-refractivity contribution in [3.8, 4) is 5.69 Å². The van der Waals surface area contributed by atoms with Crippen LogP contribution in [0.2, 0.25) is 0 Å². The molecule has 7 nitrogen and oxygen atoms in total. The third kappa shape index (κ3) is 5.68. The maximum absolute atomic E-state index is 12.9. The zero-order chi connectivity index (χ0) is 26.7. The van der Waals surface area contributed by atoms with Crippen molar-refractivity contribution in [2.24, 2.45) is 5.10 Å². The number of halogens is 1. The van der Waals surface area contributed by atoms with Gasteiger partial charge in [0.25, 0.3) is 15.9 Å². The first-order valence-corrected chi connectivity index (χ1v) is 13.7. The normalized spacial score (nSPS) is 11.6. The lowest BCUT2D eigenvalue weighted by molar-refractivity contribution is 0.0955. The number of benzene rings is 3. The summed E-state index contributed by atoms with van der Waals surface area (Å²) in [5.74, 6) is -0.395. The zero-order valence-electron chi connectivity index (χ0n) is 20.9. The van der Waals surface area contributed by atoms with E-state index >= 15 is 0 Å². The monoisotopic (exact) mass is 578 g/mol. The summed E-state index contributed by atoms with van der Waals surface area (Å²) in [6.45, 7) is 5.91. The van der Waals surface area contributed by atoms with Crippen molar-refractivity contribution in [2.75, 3.05) is 11.4 Å². The Bertz CT molecular complexity index is 1560. The molecule has 0 aliphatic rings. The van der Waals surface area contributed by atoms with E-state index in [1.54, 1.807) is 54.7 Å². The molecule has 0 bridgehead atoms. The van der Waals surface area contributed by atoms with Crippen molar-refractivity contribution in [1.82, 2.24) is 9.99 Å². The number of sulfonamides is 1. The summed E-state index contributed by atoms with van der Waals surface area (Å²) >= 11 is 3.46. The second-order valence-electron chi connectivity index (χ2n) is 8.67. The molecular weight excluding hydrogens is 552 g/mol. The largest absolute Gasteiger partial charge is 0.318 e. The molecule has 37 heavy (non-hydrogen) atoms. The fourth-order valence-electron chi connectivity index (χ4n) is 3.96. The van der Waals surface area contributed by atoms with E-state index in [0.29, 0.717) is 11.3 Å². The van der Waals surface area contributed by atoms with E-state index < -0.39 is 15.9 Å². The summed E-state index contributed by atoms with van der Waals surface area (Å²) in [5.41, 5.74) is 8.31. The van der Waals surface area contributed by atoms with Crippen LogP contribution in [0.15, 0.2) is 93.3 Å². The molecule has 0 saturated heterocycles. The fourth-order valence-corrected chi connectivity index (χ4v) is 5.42. The van der Waals surface area contributed by atoms with Crippen molar-refractivity contribution in [1.29, 1.82) is 0 Å². The highest BCUT2D eigenvalue weighted by Gasteiger charge is 2.21. The number of anilines is 1. The number of aryl methyl sites for hydroxylation is 2. The van der Waals surface area contributed by atoms with E-state index in [4.69, 9.17) is 0 Å². The van der Waals surface area contributed by atoms with Crippen LogP contribution in [0.3, 0.4) is 0 Å². The average Bonchev–Trinajstić information content (AvgIpc) is 3.17. The molecule has 1 amide bonds. The number of nitrogens with one attached hydrogen (secondary N) is 1. The second-order valence-corrected chi connectivity index (χ2v) is 11.6. The maximum atomic E-state index is 12.9. The fraction of sp³-hybridized carbons (Fsp3) is 0.143. The van der Waals surface area contributed by atoms with Gasteiger partial charge in [-0.3, -0.25) is 9.10 Å². The van der Waals surface area contributed by atoms with Crippen LogP contribution in [-0.2, 0) is 10.0 Å². The number of hydrogen-bond donors (Lipinski definition) is 1. The van der Waals surface area contributed by atoms with Gasteiger partial charge < -0.3 is 4.57 Å². The molecule has 1 aromatic heterocycles. The SMILES string of the molecule is Cc1ccc(S(=O)(=O)N(C)c2ccc(C(=O)N/N=C\c3cc(C)n(-c4ccc(Br)cc4)c3C)cc2)cc1. The molecule has 0 aliphatic carbocycles. The molecule has 0 unspecified atom stereocenters. The predicted octanol–water partition coefficient (Wildman–Crippen LogP) is 5.75. The molecule has 1 N–H and O–H groups in total. The summed E-state index contributed by atoms with van der Waals surface area (Å²) < 4.78 is 30.2. The third-order valence-electron chi connectivity index (χ3n) is 6.10. The minimum Gasteiger partial charge on any atom is -0.318 e. The molecule has 0 aliphatic heterocycles. The van der Waals surface area contributed by atoms with Crippen molar-refractivity contribution in [3.05, 3.63) is 111 Å². The van der Waals surface area contributed by atoms with Crippen LogP contribution in [0.5, 0.6) is 0 Å². The summed E-state index contributed by atoms with van der Waals surface area (Å²) in [7, 11) is -2.22. The van der Waals surface area contributed by atoms with Gasteiger partial charge in [-0.05, 0) is 87.5 Å². The Hall–Kier alpha value is -3.69. The lowest BCUT2D eigenvalue weighted by atomic mass is 10.2. The van der Waals surface area contributed by atoms with Gasteiger partial charge in [-0.25, -0.2) is 13.8 Å². The van der Waals surface area contributed by atoms with Crippen LogP contribution in [-0.4, -0.2) is 32.2 Å². The van der Waals surface area contributed by atoms with E-state index in [1.807, 2.05) is 51.1 Å². The molecule has 0 saturated carbocycles. The summed E-state index contributed by atoms with van der Waals surface area (Å²) in [4.78, 5) is 12.8. The Balaban J connectivity index is 1.44. The summed E-state index contributed by atoms with van der Waals surface area (Å²) in [5, 5.41) is 4.13. The zero-order valence-corrected chi connectivity index (χ0v) is 23.3. The Kier molecular flexibility index (Phi) is 7.65. The Morgan fingerprint density at radius 2 is 1.57 bits per heavy atom. The van der Waals surface area contributed by atoms with E-state index in [-0.39, 0.29) is 4.90 Å². The Labute approximate surface area is 225 Å². The van der Waals surface area contributed by atoms with Crippen molar-refractivity contribution in [3.63, 3.8) is 0 Å². The van der Waals surface area contributed by atoms with Crippen LogP contribution in [0.25, 0.3) is 5.69 Å². The van der Waals surface area contributed by atoms with Gasteiger partial charge in [-0.1, -0.05) is 33.6 Å². The van der Waals surface area contributed by atoms with Crippen molar-refractivity contribution >= 4 is 43.8 Å². The smallest absolute Gasteiger partial charge is 0.271 e. The van der Waals surface area contributed by atoms with E-state index in [9.17, 15) is 13.2 Å². The molecule has 0 atom stereocenters. The molecule has 4 aromatic rings. The van der Waals surface area contributed by atoms with Gasteiger partial charge in [-0.15, -0.1) is 0 Å². The predicted molar refractivity (Wildman–Crippen MR) is 151 cm³/mol. The molecule has 1 heterocycles. The molecule has 0 fully saturated rings. The Morgan fingerprint density at radius 3 is 2.19 bits per heavy atom. The highest BCUT2D eigenvalue weighted by Crippen LogP contribution is 2.23. The summed E-state index contributed by atoms with van der Waals surface area (Å²) in [6.07, 6.45) is 1.62. The molecule has 190 valence electrons. The van der Waals surface area contributed by atoms with E-state index in [0.717, 1.165) is 32.7 Å². The average molecular weight is 580 g/mol. The van der Waals surface area contributed by atoms with Crippen molar-refractivity contribution < 1.29 is 13.2 Å². The van der Waals surface area contributed by atoms with Gasteiger partial charge in [0.1, 0.15) is 0 Å². The van der Waals surface area contributed by atoms with Gasteiger partial charge in [0, 0.05) is 39.7 Å². The number of hydrazone groups is 1. The number of amides is 1. The van der Waals surface area contributed by atoms with Crippen LogP contribution in [0.1, 0.15) is 32.9 Å². The number of carbonyl (C=O) groups is 1. The topological polar surface area (TPSA) is 83.8 Å². The number of rotatable bonds is 7. The van der Waals surface area contributed by atoms with Crippen LogP contribution in [0.4, 0.5) is 5.69 Å². The standard InChI is InChI=1S/C28H27BrN4O3S/c1-19-5-15-27(16-6-19)37(35,36)32(4)25-11-7-22(8-12-25)28(34)31-30-18-23-17-20(2)33(21(23)3)26-13-9-24(29)10-14-26/h5-18H,1-4H3,(H,31,34)/b30-18-. The van der Waals surface area contributed by atoms with Crippen LogP contribution in [0, 0.1) is 20.8 Å². The number of nitrogens with zero attached hydrogens (tertiary/aromatic N) is 3. The molecule has 0 radical (unpaired) electrons. The first-order valence-electron chi connectivity index (χ1n) is 11.5. The van der Waals surface area contributed by atoms with Crippen molar-refractivity contribution in [2.45, 2.75) is 25.7 Å². The minimum absolute atomic E-state index is 0.205. The van der Waals surface area contributed by atoms with Crippen LogP contribution >= 0.6 is 15.9 Å². The second kappa shape index (κ2) is 10.7. The van der Waals surface area contributed by atoms with E-state index in [1.165, 1.54) is 11.4 Å².